The third kappa shape index (κ3) is 3.57. The highest BCUT2D eigenvalue weighted by molar-refractivity contribution is 5.80. The molecule has 1 aliphatic carbocycles. The second-order valence-corrected chi connectivity index (χ2v) is 5.85. The number of hydrogen-bond donors (Lipinski definition) is 0. The molecule has 0 radical (unpaired) electrons. The van der Waals surface area contributed by atoms with Crippen LogP contribution in [0.25, 0.3) is 0 Å². The summed E-state index contributed by atoms with van der Waals surface area (Å²) in [5.41, 5.74) is 0.653. The van der Waals surface area contributed by atoms with Crippen molar-refractivity contribution in [1.82, 2.24) is 14.5 Å². The molecule has 3 rings (SSSR count). The first-order valence-electron chi connectivity index (χ1n) is 7.81. The quantitative estimate of drug-likeness (QED) is 0.821. The van der Waals surface area contributed by atoms with Crippen molar-refractivity contribution in [2.45, 2.75) is 32.9 Å². The summed E-state index contributed by atoms with van der Waals surface area (Å²) in [5.74, 6) is -0.625. The van der Waals surface area contributed by atoms with Gasteiger partial charge in [0.15, 0.2) is 11.6 Å². The van der Waals surface area contributed by atoms with Crippen LogP contribution in [0, 0.1) is 17.6 Å². The molecule has 0 bridgehead atoms. The van der Waals surface area contributed by atoms with Crippen LogP contribution in [-0.2, 0) is 17.9 Å². The number of amides is 1. The Kier molecular flexibility index (Phi) is 4.41. The molecule has 0 spiro atoms. The minimum absolute atomic E-state index is 0.171. The third-order valence-corrected chi connectivity index (χ3v) is 4.09. The second-order valence-electron chi connectivity index (χ2n) is 5.85. The summed E-state index contributed by atoms with van der Waals surface area (Å²) >= 11 is 0. The molecule has 2 aromatic rings. The fourth-order valence-electron chi connectivity index (χ4n) is 2.58. The van der Waals surface area contributed by atoms with Gasteiger partial charge in [-0.2, -0.15) is 0 Å². The molecule has 1 saturated carbocycles. The summed E-state index contributed by atoms with van der Waals surface area (Å²) < 4.78 is 28.2. The third-order valence-electron chi connectivity index (χ3n) is 4.09. The monoisotopic (exact) mass is 319 g/mol. The highest BCUT2D eigenvalue weighted by Crippen LogP contribution is 2.31. The molecule has 23 heavy (non-hydrogen) atoms. The fraction of sp³-hybridized carbons (Fsp3) is 0.412. The summed E-state index contributed by atoms with van der Waals surface area (Å²) in [6.45, 7) is 3.40. The maximum atomic E-state index is 13.3. The molecule has 1 amide bonds. The zero-order valence-electron chi connectivity index (χ0n) is 13.0. The van der Waals surface area contributed by atoms with E-state index in [-0.39, 0.29) is 11.8 Å². The molecule has 122 valence electrons. The van der Waals surface area contributed by atoms with Gasteiger partial charge in [-0.15, -0.1) is 0 Å². The predicted molar refractivity (Wildman–Crippen MR) is 81.5 cm³/mol. The van der Waals surface area contributed by atoms with Crippen molar-refractivity contribution in [3.8, 4) is 0 Å². The van der Waals surface area contributed by atoms with Crippen LogP contribution in [0.5, 0.6) is 0 Å². The van der Waals surface area contributed by atoms with Crippen LogP contribution in [0.3, 0.4) is 0 Å². The van der Waals surface area contributed by atoms with Gasteiger partial charge in [-0.1, -0.05) is 6.07 Å². The summed E-state index contributed by atoms with van der Waals surface area (Å²) in [6.07, 6.45) is 5.38. The smallest absolute Gasteiger partial charge is 0.226 e. The predicted octanol–water partition coefficient (Wildman–Crippen LogP) is 2.97. The van der Waals surface area contributed by atoms with Gasteiger partial charge in [0, 0.05) is 31.4 Å². The number of benzene rings is 1. The largest absolute Gasteiger partial charge is 0.335 e. The van der Waals surface area contributed by atoms with Gasteiger partial charge in [0.2, 0.25) is 5.91 Å². The van der Waals surface area contributed by atoms with Crippen LogP contribution in [0.15, 0.2) is 30.6 Å². The van der Waals surface area contributed by atoms with Gasteiger partial charge in [0.25, 0.3) is 0 Å². The lowest BCUT2D eigenvalue weighted by molar-refractivity contribution is -0.133. The molecule has 1 fully saturated rings. The molecule has 0 unspecified atom stereocenters. The highest BCUT2D eigenvalue weighted by atomic mass is 19.2. The molecule has 0 N–H and O–H groups in total. The summed E-state index contributed by atoms with van der Waals surface area (Å²) in [6, 6.07) is 3.86. The van der Waals surface area contributed by atoms with Gasteiger partial charge in [-0.05, 0) is 37.5 Å². The molecule has 1 aromatic carbocycles. The van der Waals surface area contributed by atoms with Gasteiger partial charge in [0.1, 0.15) is 5.82 Å². The molecular formula is C17H19F2N3O. The maximum Gasteiger partial charge on any atom is 0.226 e. The Balaban J connectivity index is 1.73. The Morgan fingerprint density at radius 1 is 1.35 bits per heavy atom. The first kappa shape index (κ1) is 15.6. The van der Waals surface area contributed by atoms with E-state index >= 15 is 0 Å². The molecule has 0 saturated heterocycles. The normalized spacial score (nSPS) is 14.0. The van der Waals surface area contributed by atoms with Crippen molar-refractivity contribution < 1.29 is 13.6 Å². The Hall–Kier alpha value is -2.24. The van der Waals surface area contributed by atoms with Crippen molar-refractivity contribution >= 4 is 5.91 Å². The second kappa shape index (κ2) is 6.48. The first-order valence-corrected chi connectivity index (χ1v) is 7.81. The van der Waals surface area contributed by atoms with Crippen LogP contribution >= 0.6 is 0 Å². The molecular weight excluding hydrogens is 300 g/mol. The van der Waals surface area contributed by atoms with E-state index in [4.69, 9.17) is 0 Å². The lowest BCUT2D eigenvalue weighted by atomic mass is 10.2. The standard InChI is InChI=1S/C17H19F2N3O/c1-2-21(17(23)13-4-5-13)11-16-20-7-8-22(16)10-12-3-6-14(18)15(19)9-12/h3,6-9,13H,2,4-5,10-11H2,1H3. The first-order chi connectivity index (χ1) is 11.1. The van der Waals surface area contributed by atoms with Crippen LogP contribution in [0.2, 0.25) is 0 Å². The van der Waals surface area contributed by atoms with Gasteiger partial charge in [-0.3, -0.25) is 4.79 Å². The number of aromatic nitrogens is 2. The lowest BCUT2D eigenvalue weighted by Gasteiger charge is -2.21. The molecule has 1 aliphatic rings. The van der Waals surface area contributed by atoms with E-state index in [2.05, 4.69) is 4.98 Å². The zero-order valence-corrected chi connectivity index (χ0v) is 13.0. The van der Waals surface area contributed by atoms with E-state index in [1.807, 2.05) is 11.5 Å². The number of carbonyl (C=O) groups is 1. The van der Waals surface area contributed by atoms with Crippen molar-refractivity contribution in [3.63, 3.8) is 0 Å². The molecule has 6 heteroatoms. The Morgan fingerprint density at radius 3 is 2.78 bits per heavy atom. The average Bonchev–Trinajstić information content (AvgIpc) is 3.30. The zero-order chi connectivity index (χ0) is 16.4. The molecule has 4 nitrogen and oxygen atoms in total. The minimum Gasteiger partial charge on any atom is -0.335 e. The molecule has 0 atom stereocenters. The molecule has 1 heterocycles. The fourth-order valence-corrected chi connectivity index (χ4v) is 2.58. The molecule has 0 aliphatic heterocycles. The molecule has 1 aromatic heterocycles. The van der Waals surface area contributed by atoms with Gasteiger partial charge in [-0.25, -0.2) is 13.8 Å². The van der Waals surface area contributed by atoms with E-state index in [0.29, 0.717) is 25.2 Å². The van der Waals surface area contributed by atoms with E-state index in [9.17, 15) is 13.6 Å². The Labute approximate surface area is 133 Å². The average molecular weight is 319 g/mol. The van der Waals surface area contributed by atoms with Gasteiger partial charge >= 0.3 is 0 Å². The SMILES string of the molecule is CCN(Cc1nccn1Cc1ccc(F)c(F)c1)C(=O)C1CC1. The van der Waals surface area contributed by atoms with E-state index in [1.165, 1.54) is 6.07 Å². The maximum absolute atomic E-state index is 13.3. The van der Waals surface area contributed by atoms with Gasteiger partial charge < -0.3 is 9.47 Å². The lowest BCUT2D eigenvalue weighted by Crippen LogP contribution is -2.32. The van der Waals surface area contributed by atoms with Crippen molar-refractivity contribution in [3.05, 3.63) is 53.6 Å². The number of hydrogen-bond acceptors (Lipinski definition) is 2. The Morgan fingerprint density at radius 2 is 2.13 bits per heavy atom. The van der Waals surface area contributed by atoms with Crippen LogP contribution in [-0.4, -0.2) is 26.9 Å². The number of carbonyl (C=O) groups excluding carboxylic acids is 1. The summed E-state index contributed by atoms with van der Waals surface area (Å²) in [4.78, 5) is 18.3. The van der Waals surface area contributed by atoms with Crippen LogP contribution in [0.1, 0.15) is 31.2 Å². The number of imidazole rings is 1. The van der Waals surface area contributed by atoms with Crippen LogP contribution < -0.4 is 0 Å². The topological polar surface area (TPSA) is 38.1 Å². The van der Waals surface area contributed by atoms with Gasteiger partial charge in [0.05, 0.1) is 6.54 Å². The number of halogens is 2. The van der Waals surface area contributed by atoms with Crippen molar-refractivity contribution in [2.75, 3.05) is 6.54 Å². The van der Waals surface area contributed by atoms with E-state index < -0.39 is 11.6 Å². The number of nitrogens with zero attached hydrogens (tertiary/aromatic N) is 3. The number of rotatable bonds is 6. The van der Waals surface area contributed by atoms with Crippen LogP contribution in [0.4, 0.5) is 8.78 Å². The van der Waals surface area contributed by atoms with E-state index in [1.54, 1.807) is 23.4 Å². The van der Waals surface area contributed by atoms with E-state index in [0.717, 1.165) is 24.7 Å². The van der Waals surface area contributed by atoms with Crippen molar-refractivity contribution in [1.29, 1.82) is 0 Å². The summed E-state index contributed by atoms with van der Waals surface area (Å²) in [5, 5.41) is 0. The Bertz CT molecular complexity index is 710. The van der Waals surface area contributed by atoms with Crippen molar-refractivity contribution in [2.24, 2.45) is 5.92 Å². The highest BCUT2D eigenvalue weighted by Gasteiger charge is 2.33. The minimum atomic E-state index is -0.858. The summed E-state index contributed by atoms with van der Waals surface area (Å²) in [7, 11) is 0.